The van der Waals surface area contributed by atoms with E-state index in [4.69, 9.17) is 10.1 Å². The molecule has 1 aliphatic heterocycles. The van der Waals surface area contributed by atoms with Crippen LogP contribution in [0, 0.1) is 16.7 Å². The molecule has 7 heteroatoms. The van der Waals surface area contributed by atoms with Crippen molar-refractivity contribution in [1.29, 1.82) is 10.7 Å². The fourth-order valence-corrected chi connectivity index (χ4v) is 3.37. The maximum absolute atomic E-state index is 12.5. The first-order valence-corrected chi connectivity index (χ1v) is 9.28. The standard InChI is InChI=1S/C22H19N5O2/c23-13-19-18-11-12-26(22(28)29-15-16-7-3-1-4-8-16)14-20(18)25-27(21(19)24)17-9-5-2-6-10-17/h1-10,24H,11-12,14-15H2. The van der Waals surface area contributed by atoms with Crippen molar-refractivity contribution in [1.82, 2.24) is 14.7 Å². The van der Waals surface area contributed by atoms with Gasteiger partial charge in [0.05, 0.1) is 17.9 Å². The molecule has 0 bridgehead atoms. The number of nitriles is 1. The number of ether oxygens (including phenoxy) is 1. The van der Waals surface area contributed by atoms with Gasteiger partial charge in [-0.1, -0.05) is 48.5 Å². The molecular formula is C22H19N5O2. The first-order valence-electron chi connectivity index (χ1n) is 9.28. The summed E-state index contributed by atoms with van der Waals surface area (Å²) in [6.45, 7) is 0.867. The van der Waals surface area contributed by atoms with Crippen molar-refractivity contribution >= 4 is 6.09 Å². The Kier molecular flexibility index (Phi) is 5.08. The smallest absolute Gasteiger partial charge is 0.410 e. The Hall–Kier alpha value is -3.92. The van der Waals surface area contributed by atoms with Crippen molar-refractivity contribution in [2.45, 2.75) is 19.6 Å². The average Bonchev–Trinajstić information content (AvgIpc) is 2.78. The number of aromatic nitrogens is 2. The molecular weight excluding hydrogens is 366 g/mol. The number of para-hydroxylation sites is 1. The maximum atomic E-state index is 12.5. The lowest BCUT2D eigenvalue weighted by Crippen LogP contribution is -2.40. The number of hydrogen-bond donors (Lipinski definition) is 1. The molecule has 2 heterocycles. The highest BCUT2D eigenvalue weighted by atomic mass is 16.6. The van der Waals surface area contributed by atoms with Crippen LogP contribution in [0.15, 0.2) is 60.7 Å². The van der Waals surface area contributed by atoms with Crippen molar-refractivity contribution in [3.63, 3.8) is 0 Å². The highest BCUT2D eigenvalue weighted by Gasteiger charge is 2.27. The fraction of sp³-hybridized carbons (Fsp3) is 0.182. The van der Waals surface area contributed by atoms with E-state index < -0.39 is 6.09 Å². The molecule has 29 heavy (non-hydrogen) atoms. The van der Waals surface area contributed by atoms with Gasteiger partial charge in [-0.05, 0) is 24.1 Å². The van der Waals surface area contributed by atoms with E-state index >= 15 is 0 Å². The van der Waals surface area contributed by atoms with Crippen LogP contribution in [-0.4, -0.2) is 27.3 Å². The first-order chi connectivity index (χ1) is 14.2. The van der Waals surface area contributed by atoms with Crippen LogP contribution in [0.3, 0.4) is 0 Å². The summed E-state index contributed by atoms with van der Waals surface area (Å²) in [6.07, 6.45) is 0.0497. The van der Waals surface area contributed by atoms with Gasteiger partial charge in [0.15, 0.2) is 5.49 Å². The molecule has 0 fully saturated rings. The molecule has 0 atom stereocenters. The van der Waals surface area contributed by atoms with Gasteiger partial charge >= 0.3 is 6.09 Å². The van der Waals surface area contributed by atoms with Gasteiger partial charge in [0.25, 0.3) is 0 Å². The Morgan fingerprint density at radius 1 is 1.14 bits per heavy atom. The third-order valence-corrected chi connectivity index (χ3v) is 4.87. The van der Waals surface area contributed by atoms with Gasteiger partial charge in [0.1, 0.15) is 18.2 Å². The van der Waals surface area contributed by atoms with Crippen LogP contribution in [0.4, 0.5) is 4.79 Å². The minimum absolute atomic E-state index is 0.0533. The zero-order valence-corrected chi connectivity index (χ0v) is 15.7. The van der Waals surface area contributed by atoms with E-state index in [1.54, 1.807) is 4.90 Å². The maximum Gasteiger partial charge on any atom is 0.410 e. The van der Waals surface area contributed by atoms with E-state index in [2.05, 4.69) is 11.2 Å². The second-order valence-corrected chi connectivity index (χ2v) is 6.72. The van der Waals surface area contributed by atoms with Gasteiger partial charge in [-0.2, -0.15) is 10.4 Å². The third kappa shape index (κ3) is 3.73. The summed E-state index contributed by atoms with van der Waals surface area (Å²) in [4.78, 5) is 14.1. The van der Waals surface area contributed by atoms with Crippen LogP contribution < -0.4 is 5.49 Å². The Morgan fingerprint density at radius 2 is 1.83 bits per heavy atom. The lowest BCUT2D eigenvalue weighted by atomic mass is 10.0. The predicted molar refractivity (Wildman–Crippen MR) is 105 cm³/mol. The van der Waals surface area contributed by atoms with Crippen LogP contribution in [0.2, 0.25) is 0 Å². The SMILES string of the molecule is N#Cc1c2c(nn(-c3ccccc3)c1=N)CN(C(=O)OCc1ccccc1)CC2. The molecule has 0 aliphatic carbocycles. The molecule has 4 rings (SSSR count). The van der Waals surface area contributed by atoms with E-state index in [0.717, 1.165) is 11.1 Å². The lowest BCUT2D eigenvalue weighted by molar-refractivity contribution is 0.0910. The lowest BCUT2D eigenvalue weighted by Gasteiger charge is -2.28. The summed E-state index contributed by atoms with van der Waals surface area (Å²) < 4.78 is 6.87. The molecule has 1 amide bonds. The molecule has 0 unspecified atom stereocenters. The van der Waals surface area contributed by atoms with E-state index in [1.165, 1.54) is 4.68 Å². The Morgan fingerprint density at radius 3 is 2.52 bits per heavy atom. The van der Waals surface area contributed by atoms with Crippen molar-refractivity contribution in [2.75, 3.05) is 6.54 Å². The predicted octanol–water partition coefficient (Wildman–Crippen LogP) is 2.92. The zero-order valence-electron chi connectivity index (χ0n) is 15.7. The molecule has 3 aromatic rings. The molecule has 144 valence electrons. The quantitative estimate of drug-likeness (QED) is 0.750. The summed E-state index contributed by atoms with van der Waals surface area (Å²) in [6, 6.07) is 20.9. The van der Waals surface area contributed by atoms with E-state index in [9.17, 15) is 10.1 Å². The minimum atomic E-state index is -0.416. The normalized spacial score (nSPS) is 12.7. The molecule has 0 saturated carbocycles. The molecule has 0 saturated heterocycles. The number of amides is 1. The summed E-state index contributed by atoms with van der Waals surface area (Å²) in [5.74, 6) is 0. The van der Waals surface area contributed by atoms with Crippen molar-refractivity contribution in [3.05, 3.63) is 88.5 Å². The number of nitrogens with zero attached hydrogens (tertiary/aromatic N) is 4. The number of benzene rings is 2. The molecule has 0 spiro atoms. The van der Waals surface area contributed by atoms with Crippen molar-refractivity contribution in [3.8, 4) is 11.8 Å². The average molecular weight is 385 g/mol. The Balaban J connectivity index is 1.59. The third-order valence-electron chi connectivity index (χ3n) is 4.87. The number of nitrogens with one attached hydrogen (secondary N) is 1. The van der Waals surface area contributed by atoms with Gasteiger partial charge in [-0.3, -0.25) is 5.41 Å². The number of rotatable bonds is 3. The monoisotopic (exact) mass is 385 g/mol. The zero-order chi connectivity index (χ0) is 20.2. The highest BCUT2D eigenvalue weighted by molar-refractivity contribution is 5.68. The Bertz CT molecular complexity index is 1130. The van der Waals surface area contributed by atoms with Crippen LogP contribution in [0.1, 0.15) is 22.4 Å². The summed E-state index contributed by atoms with van der Waals surface area (Å²) in [5.41, 5.74) is 3.32. The van der Waals surface area contributed by atoms with Crippen molar-refractivity contribution in [2.24, 2.45) is 0 Å². The molecule has 1 aromatic heterocycles. The summed E-state index contributed by atoms with van der Waals surface area (Å²) in [5, 5.41) is 22.6. The summed E-state index contributed by atoms with van der Waals surface area (Å²) >= 11 is 0. The second-order valence-electron chi connectivity index (χ2n) is 6.72. The van der Waals surface area contributed by atoms with Gasteiger partial charge in [-0.15, -0.1) is 0 Å². The number of carbonyl (C=O) groups is 1. The molecule has 2 aromatic carbocycles. The van der Waals surface area contributed by atoms with E-state index in [1.807, 2.05) is 60.7 Å². The fourth-order valence-electron chi connectivity index (χ4n) is 3.37. The first kappa shape index (κ1) is 18.4. The van der Waals surface area contributed by atoms with Crippen LogP contribution in [0.5, 0.6) is 0 Å². The van der Waals surface area contributed by atoms with Gasteiger partial charge < -0.3 is 9.64 Å². The largest absolute Gasteiger partial charge is 0.445 e. The van der Waals surface area contributed by atoms with Crippen LogP contribution >= 0.6 is 0 Å². The van der Waals surface area contributed by atoms with Crippen LogP contribution in [-0.2, 0) is 24.3 Å². The number of hydrogen-bond acceptors (Lipinski definition) is 5. The van der Waals surface area contributed by atoms with Crippen molar-refractivity contribution < 1.29 is 9.53 Å². The van der Waals surface area contributed by atoms with E-state index in [-0.39, 0.29) is 18.6 Å². The molecule has 1 aliphatic rings. The second kappa shape index (κ2) is 7.98. The van der Waals surface area contributed by atoms with Gasteiger partial charge in [-0.25, -0.2) is 9.48 Å². The summed E-state index contributed by atoms with van der Waals surface area (Å²) in [7, 11) is 0. The molecule has 7 nitrogen and oxygen atoms in total. The number of carbonyl (C=O) groups excluding carboxylic acids is 1. The van der Waals surface area contributed by atoms with Gasteiger partial charge in [0, 0.05) is 12.1 Å². The molecule has 1 N–H and O–H groups in total. The Labute approximate surface area is 167 Å². The highest BCUT2D eigenvalue weighted by Crippen LogP contribution is 2.20. The molecule has 0 radical (unpaired) electrons. The van der Waals surface area contributed by atoms with Crippen LogP contribution in [0.25, 0.3) is 5.69 Å². The minimum Gasteiger partial charge on any atom is -0.445 e. The van der Waals surface area contributed by atoms with Gasteiger partial charge in [0.2, 0.25) is 0 Å². The van der Waals surface area contributed by atoms with E-state index in [0.29, 0.717) is 29.9 Å². The number of fused-ring (bicyclic) bond motifs is 1. The topological polar surface area (TPSA) is 95.0 Å².